The molecule has 1 aromatic heterocycles. The minimum atomic E-state index is -1.00. The largest absolute Gasteiger partial charge is 0.478 e. The molecule has 2 N–H and O–H groups in total. The Morgan fingerprint density at radius 3 is 2.29 bits per heavy atom. The minimum absolute atomic E-state index is 0.0822. The third-order valence-corrected chi connectivity index (χ3v) is 6.75. The zero-order valence-corrected chi connectivity index (χ0v) is 20.9. The molecule has 0 radical (unpaired) electrons. The first-order valence-electron chi connectivity index (χ1n) is 11.9. The number of benzene rings is 1. The van der Waals surface area contributed by atoms with Crippen molar-refractivity contribution in [3.63, 3.8) is 0 Å². The molecule has 0 spiro atoms. The molecule has 34 heavy (non-hydrogen) atoms. The van der Waals surface area contributed by atoms with Crippen molar-refractivity contribution in [2.45, 2.75) is 83.1 Å². The molecule has 3 atom stereocenters. The molecule has 1 aromatic carbocycles. The summed E-state index contributed by atoms with van der Waals surface area (Å²) >= 11 is 5.94. The highest BCUT2D eigenvalue weighted by molar-refractivity contribution is 6.30. The van der Waals surface area contributed by atoms with E-state index >= 15 is 0 Å². The molecule has 2 fully saturated rings. The fourth-order valence-electron chi connectivity index (χ4n) is 4.89. The van der Waals surface area contributed by atoms with Gasteiger partial charge in [-0.2, -0.15) is 0 Å². The number of ether oxygens (including phenoxy) is 1. The van der Waals surface area contributed by atoms with Gasteiger partial charge in [0.15, 0.2) is 5.60 Å². The van der Waals surface area contributed by atoms with Crippen LogP contribution in [-0.2, 0) is 4.79 Å². The van der Waals surface area contributed by atoms with Crippen LogP contribution < -0.4 is 20.3 Å². The Balaban J connectivity index is 1.36. The number of nitrogens with zero attached hydrogens (tertiary/aromatic N) is 2. The van der Waals surface area contributed by atoms with Gasteiger partial charge in [-0.1, -0.05) is 11.6 Å². The number of carbonyl (C=O) groups is 2. The maximum atomic E-state index is 13.0. The van der Waals surface area contributed by atoms with E-state index in [0.29, 0.717) is 28.4 Å². The number of piperidine rings is 1. The highest BCUT2D eigenvalue weighted by atomic mass is 35.5. The van der Waals surface area contributed by atoms with Gasteiger partial charge in [-0.05, 0) is 89.8 Å². The minimum Gasteiger partial charge on any atom is -0.478 e. The Morgan fingerprint density at radius 1 is 1.09 bits per heavy atom. The number of nitrogens with one attached hydrogen (secondary N) is 2. The topological polar surface area (TPSA) is 83.6 Å². The molecule has 182 valence electrons. The first-order chi connectivity index (χ1) is 16.1. The van der Waals surface area contributed by atoms with Crippen LogP contribution in [0, 0.1) is 0 Å². The average molecular weight is 485 g/mol. The summed E-state index contributed by atoms with van der Waals surface area (Å²) in [7, 11) is 0. The molecule has 0 aliphatic carbocycles. The van der Waals surface area contributed by atoms with Crippen molar-refractivity contribution < 1.29 is 14.3 Å². The lowest BCUT2D eigenvalue weighted by atomic mass is 9.96. The Morgan fingerprint density at radius 2 is 1.74 bits per heavy atom. The third kappa shape index (κ3) is 5.46. The second-order valence-corrected chi connectivity index (χ2v) is 10.5. The zero-order valence-electron chi connectivity index (χ0n) is 20.2. The number of amides is 2. The maximum absolute atomic E-state index is 13.0. The van der Waals surface area contributed by atoms with Gasteiger partial charge in [0.05, 0.1) is 5.56 Å². The van der Waals surface area contributed by atoms with Gasteiger partial charge < -0.3 is 20.3 Å². The number of halogens is 1. The number of rotatable bonds is 7. The van der Waals surface area contributed by atoms with Crippen LogP contribution in [0.1, 0.15) is 63.7 Å². The second-order valence-electron chi connectivity index (χ2n) is 10.0. The van der Waals surface area contributed by atoms with Crippen LogP contribution >= 0.6 is 11.6 Å². The smallest absolute Gasteiger partial charge is 0.263 e. The van der Waals surface area contributed by atoms with Gasteiger partial charge in [-0.25, -0.2) is 4.98 Å². The summed E-state index contributed by atoms with van der Waals surface area (Å²) in [5, 5.41) is 6.73. The molecular weight excluding hydrogens is 452 g/mol. The summed E-state index contributed by atoms with van der Waals surface area (Å²) in [6, 6.07) is 11.6. The first kappa shape index (κ1) is 24.3. The SMILES string of the molecule is CC(C)NC(=O)c1ccc(N2[C@@H]3CC[C@H]2CC(NC(=O)C(C)(C)Oc2ccc(Cl)cc2)C3)nc1. The number of hydrogen-bond acceptors (Lipinski definition) is 5. The van der Waals surface area contributed by atoms with Gasteiger partial charge in [-0.15, -0.1) is 0 Å². The van der Waals surface area contributed by atoms with E-state index < -0.39 is 5.60 Å². The number of fused-ring (bicyclic) bond motifs is 2. The predicted octanol–water partition coefficient (Wildman–Crippen LogP) is 4.35. The molecule has 2 aliphatic rings. The zero-order chi connectivity index (χ0) is 24.5. The van der Waals surface area contributed by atoms with Gasteiger partial charge in [0.25, 0.3) is 11.8 Å². The van der Waals surface area contributed by atoms with Gasteiger partial charge in [0, 0.05) is 35.4 Å². The van der Waals surface area contributed by atoms with E-state index in [1.807, 2.05) is 26.0 Å². The lowest BCUT2D eigenvalue weighted by Gasteiger charge is -2.40. The van der Waals surface area contributed by atoms with Crippen LogP contribution in [0.15, 0.2) is 42.6 Å². The first-order valence-corrected chi connectivity index (χ1v) is 12.3. The van der Waals surface area contributed by atoms with Crippen LogP contribution in [0.2, 0.25) is 5.02 Å². The van der Waals surface area contributed by atoms with Crippen LogP contribution in [0.3, 0.4) is 0 Å². The molecule has 2 bridgehead atoms. The quantitative estimate of drug-likeness (QED) is 0.610. The fraction of sp³-hybridized carbons (Fsp3) is 0.500. The van der Waals surface area contributed by atoms with Crippen LogP contribution in [0.25, 0.3) is 0 Å². The Kier molecular flexibility index (Phi) is 7.03. The summed E-state index contributed by atoms with van der Waals surface area (Å²) in [4.78, 5) is 32.2. The van der Waals surface area contributed by atoms with Gasteiger partial charge in [0.2, 0.25) is 0 Å². The number of aromatic nitrogens is 1. The summed E-state index contributed by atoms with van der Waals surface area (Å²) in [5.41, 5.74) is -0.437. The van der Waals surface area contributed by atoms with Crippen LogP contribution in [-0.4, -0.2) is 46.6 Å². The molecule has 2 aromatic rings. The van der Waals surface area contributed by atoms with Crippen LogP contribution in [0.4, 0.5) is 5.82 Å². The van der Waals surface area contributed by atoms with E-state index in [1.165, 1.54) is 0 Å². The Labute approximate surface area is 206 Å². The lowest BCUT2D eigenvalue weighted by molar-refractivity contribution is -0.135. The molecule has 3 heterocycles. The molecular formula is C26H33ClN4O3. The molecule has 0 saturated carbocycles. The summed E-state index contributed by atoms with van der Waals surface area (Å²) in [5.74, 6) is 1.27. The molecule has 1 unspecified atom stereocenters. The van der Waals surface area contributed by atoms with E-state index in [9.17, 15) is 9.59 Å². The van der Waals surface area contributed by atoms with Crippen molar-refractivity contribution in [3.05, 3.63) is 53.2 Å². The molecule has 4 rings (SSSR count). The van der Waals surface area contributed by atoms with E-state index in [2.05, 4.69) is 20.5 Å². The number of pyridine rings is 1. The molecule has 8 heteroatoms. The van der Waals surface area contributed by atoms with Crippen molar-refractivity contribution in [3.8, 4) is 5.75 Å². The standard InChI is InChI=1S/C26H33ClN4O3/c1-16(2)29-24(32)17-5-12-23(28-15-17)31-20-8-9-21(31)14-19(13-20)30-25(33)26(3,4)34-22-10-6-18(27)7-11-22/h5-7,10-12,15-16,19-21H,8-9,13-14H2,1-4H3,(H,29,32)(H,30,33)/t19?,20-,21+. The van der Waals surface area contributed by atoms with Crippen molar-refractivity contribution in [2.24, 2.45) is 0 Å². The summed E-state index contributed by atoms with van der Waals surface area (Å²) in [6.07, 6.45) is 5.50. The van der Waals surface area contributed by atoms with Gasteiger partial charge in [-0.3, -0.25) is 9.59 Å². The van der Waals surface area contributed by atoms with Crippen molar-refractivity contribution in [2.75, 3.05) is 4.90 Å². The molecule has 2 aliphatic heterocycles. The van der Waals surface area contributed by atoms with E-state index in [1.54, 1.807) is 44.3 Å². The molecule has 2 saturated heterocycles. The Hall–Kier alpha value is -2.80. The normalized spacial score (nSPS) is 21.9. The number of hydrogen-bond donors (Lipinski definition) is 2. The highest BCUT2D eigenvalue weighted by Crippen LogP contribution is 2.38. The molecule has 7 nitrogen and oxygen atoms in total. The highest BCUT2D eigenvalue weighted by Gasteiger charge is 2.43. The monoisotopic (exact) mass is 484 g/mol. The lowest BCUT2D eigenvalue weighted by Crippen LogP contribution is -2.55. The van der Waals surface area contributed by atoms with E-state index in [4.69, 9.17) is 16.3 Å². The Bertz CT molecular complexity index is 1010. The van der Waals surface area contributed by atoms with Crippen LogP contribution in [0.5, 0.6) is 5.75 Å². The number of carbonyl (C=O) groups excluding carboxylic acids is 2. The predicted molar refractivity (Wildman–Crippen MR) is 133 cm³/mol. The molecule has 2 amide bonds. The number of anilines is 1. The summed E-state index contributed by atoms with van der Waals surface area (Å²) in [6.45, 7) is 7.43. The maximum Gasteiger partial charge on any atom is 0.263 e. The second kappa shape index (κ2) is 9.82. The van der Waals surface area contributed by atoms with Crippen molar-refractivity contribution in [1.29, 1.82) is 0 Å². The third-order valence-electron chi connectivity index (χ3n) is 6.50. The van der Waals surface area contributed by atoms with E-state index in [-0.39, 0.29) is 23.9 Å². The van der Waals surface area contributed by atoms with Gasteiger partial charge in [0.1, 0.15) is 11.6 Å². The van der Waals surface area contributed by atoms with E-state index in [0.717, 1.165) is 31.5 Å². The summed E-state index contributed by atoms with van der Waals surface area (Å²) < 4.78 is 5.95. The average Bonchev–Trinajstić information content (AvgIpc) is 3.05. The van der Waals surface area contributed by atoms with Crippen molar-refractivity contribution >= 4 is 29.2 Å². The van der Waals surface area contributed by atoms with Crippen molar-refractivity contribution in [1.82, 2.24) is 15.6 Å². The fourth-order valence-corrected chi connectivity index (χ4v) is 5.02. The van der Waals surface area contributed by atoms with Gasteiger partial charge >= 0.3 is 0 Å².